The average Bonchev–Trinajstić information content (AvgIpc) is 2.87. The van der Waals surface area contributed by atoms with E-state index in [-0.39, 0.29) is 12.0 Å². The molecule has 21 heavy (non-hydrogen) atoms. The van der Waals surface area contributed by atoms with Crippen LogP contribution in [-0.4, -0.2) is 48.6 Å². The largest absolute Gasteiger partial charge is 0.376 e. The summed E-state index contributed by atoms with van der Waals surface area (Å²) in [6, 6.07) is 4.12. The van der Waals surface area contributed by atoms with Crippen molar-refractivity contribution in [1.29, 1.82) is 0 Å². The van der Waals surface area contributed by atoms with Gasteiger partial charge in [-0.1, -0.05) is 0 Å². The van der Waals surface area contributed by atoms with Crippen molar-refractivity contribution in [1.82, 2.24) is 15.2 Å². The molecule has 2 heterocycles. The van der Waals surface area contributed by atoms with Crippen LogP contribution in [0.25, 0.3) is 0 Å². The standard InChI is InChI=1S/C16H25N3O2/c1-12-7-13(2)18-14(8-12)10-19(3)11-16(20)17-9-15-5-4-6-21-15/h7-8,15H,4-6,9-11H2,1-3H3,(H,17,20)/t15-/m0/s1. The highest BCUT2D eigenvalue weighted by molar-refractivity contribution is 5.77. The van der Waals surface area contributed by atoms with Crippen molar-refractivity contribution >= 4 is 5.91 Å². The molecule has 0 spiro atoms. The first-order valence-corrected chi connectivity index (χ1v) is 7.54. The van der Waals surface area contributed by atoms with E-state index in [1.165, 1.54) is 5.56 Å². The lowest BCUT2D eigenvalue weighted by atomic mass is 10.2. The molecule has 0 bridgehead atoms. The second-order valence-electron chi connectivity index (χ2n) is 5.89. The molecule has 1 aromatic heterocycles. The lowest BCUT2D eigenvalue weighted by Crippen LogP contribution is -2.38. The third-order valence-corrected chi connectivity index (χ3v) is 3.55. The van der Waals surface area contributed by atoms with Gasteiger partial charge in [0.25, 0.3) is 0 Å². The highest BCUT2D eigenvalue weighted by atomic mass is 16.5. The Morgan fingerprint density at radius 2 is 2.29 bits per heavy atom. The molecule has 0 aliphatic carbocycles. The minimum atomic E-state index is 0.0392. The lowest BCUT2D eigenvalue weighted by Gasteiger charge is -2.17. The molecule has 1 N–H and O–H groups in total. The topological polar surface area (TPSA) is 54.5 Å². The van der Waals surface area contributed by atoms with Crippen LogP contribution in [0.4, 0.5) is 0 Å². The molecule has 1 aromatic rings. The van der Waals surface area contributed by atoms with Gasteiger partial charge < -0.3 is 10.1 Å². The van der Waals surface area contributed by atoms with Gasteiger partial charge >= 0.3 is 0 Å². The van der Waals surface area contributed by atoms with Gasteiger partial charge in [-0.2, -0.15) is 0 Å². The van der Waals surface area contributed by atoms with Crippen LogP contribution in [0.1, 0.15) is 29.8 Å². The van der Waals surface area contributed by atoms with Gasteiger partial charge in [-0.25, -0.2) is 0 Å². The molecule has 1 atom stereocenters. The number of hydrogen-bond acceptors (Lipinski definition) is 4. The highest BCUT2D eigenvalue weighted by Gasteiger charge is 2.16. The van der Waals surface area contributed by atoms with E-state index in [0.29, 0.717) is 19.6 Å². The van der Waals surface area contributed by atoms with E-state index in [1.54, 1.807) is 0 Å². The van der Waals surface area contributed by atoms with Gasteiger partial charge in [0.1, 0.15) is 0 Å². The van der Waals surface area contributed by atoms with E-state index in [4.69, 9.17) is 4.74 Å². The zero-order chi connectivity index (χ0) is 15.2. The first-order chi connectivity index (χ1) is 10.0. The molecule has 1 aliphatic heterocycles. The molecule has 1 fully saturated rings. The quantitative estimate of drug-likeness (QED) is 0.861. The SMILES string of the molecule is Cc1cc(C)nc(CN(C)CC(=O)NC[C@@H]2CCCO2)c1. The molecule has 5 heteroatoms. The Kier molecular flexibility index (Phi) is 5.70. The number of nitrogens with zero attached hydrogens (tertiary/aromatic N) is 2. The molecule has 0 saturated carbocycles. The van der Waals surface area contributed by atoms with Crippen LogP contribution in [0.5, 0.6) is 0 Å². The van der Waals surface area contributed by atoms with E-state index in [0.717, 1.165) is 30.8 Å². The van der Waals surface area contributed by atoms with Gasteiger partial charge in [0.2, 0.25) is 5.91 Å². The molecule has 1 amide bonds. The van der Waals surface area contributed by atoms with E-state index in [1.807, 2.05) is 18.9 Å². The minimum Gasteiger partial charge on any atom is -0.376 e. The number of aryl methyl sites for hydroxylation is 2. The molecule has 0 unspecified atom stereocenters. The van der Waals surface area contributed by atoms with E-state index in [2.05, 4.69) is 29.4 Å². The van der Waals surface area contributed by atoms with E-state index >= 15 is 0 Å². The van der Waals surface area contributed by atoms with Crippen molar-refractivity contribution in [2.45, 2.75) is 39.3 Å². The van der Waals surface area contributed by atoms with Crippen molar-refractivity contribution in [3.8, 4) is 0 Å². The van der Waals surface area contributed by atoms with E-state index < -0.39 is 0 Å². The predicted octanol–water partition coefficient (Wildman–Crippen LogP) is 1.43. The summed E-state index contributed by atoms with van der Waals surface area (Å²) in [5.41, 5.74) is 3.22. The Labute approximate surface area is 126 Å². The first-order valence-electron chi connectivity index (χ1n) is 7.54. The van der Waals surface area contributed by atoms with Crippen LogP contribution in [0, 0.1) is 13.8 Å². The van der Waals surface area contributed by atoms with Gasteiger partial charge in [0, 0.05) is 25.4 Å². The fraction of sp³-hybridized carbons (Fsp3) is 0.625. The second-order valence-corrected chi connectivity index (χ2v) is 5.89. The fourth-order valence-corrected chi connectivity index (χ4v) is 2.67. The summed E-state index contributed by atoms with van der Waals surface area (Å²) in [6.07, 6.45) is 2.34. The third-order valence-electron chi connectivity index (χ3n) is 3.55. The fourth-order valence-electron chi connectivity index (χ4n) is 2.67. The maximum absolute atomic E-state index is 11.9. The molecule has 0 aromatic carbocycles. The Balaban J connectivity index is 1.75. The van der Waals surface area contributed by atoms with Crippen LogP contribution in [0.3, 0.4) is 0 Å². The number of ether oxygens (including phenoxy) is 1. The smallest absolute Gasteiger partial charge is 0.234 e. The monoisotopic (exact) mass is 291 g/mol. The summed E-state index contributed by atoms with van der Waals surface area (Å²) < 4.78 is 5.49. The molecule has 1 saturated heterocycles. The number of hydrogen-bond donors (Lipinski definition) is 1. The van der Waals surface area contributed by atoms with Gasteiger partial charge in [-0.3, -0.25) is 14.7 Å². The normalized spacial score (nSPS) is 18.2. The summed E-state index contributed by atoms with van der Waals surface area (Å²) in [5.74, 6) is 0.0392. The summed E-state index contributed by atoms with van der Waals surface area (Å²) in [6.45, 7) is 6.54. The van der Waals surface area contributed by atoms with Crippen molar-refractivity contribution in [3.63, 3.8) is 0 Å². The van der Waals surface area contributed by atoms with Crippen molar-refractivity contribution in [3.05, 3.63) is 29.1 Å². The van der Waals surface area contributed by atoms with Gasteiger partial charge in [-0.15, -0.1) is 0 Å². The van der Waals surface area contributed by atoms with Crippen molar-refractivity contribution < 1.29 is 9.53 Å². The summed E-state index contributed by atoms with van der Waals surface area (Å²) in [7, 11) is 1.94. The van der Waals surface area contributed by atoms with Crippen LogP contribution in [0.2, 0.25) is 0 Å². The maximum atomic E-state index is 11.9. The summed E-state index contributed by atoms with van der Waals surface area (Å²) >= 11 is 0. The number of nitrogens with one attached hydrogen (secondary N) is 1. The number of carbonyl (C=O) groups excluding carboxylic acids is 1. The maximum Gasteiger partial charge on any atom is 0.234 e. The first kappa shape index (κ1) is 15.9. The number of amides is 1. The lowest BCUT2D eigenvalue weighted by molar-refractivity contribution is -0.122. The molecular formula is C16H25N3O2. The van der Waals surface area contributed by atoms with Crippen LogP contribution in [-0.2, 0) is 16.1 Å². The Morgan fingerprint density at radius 3 is 2.95 bits per heavy atom. The molecule has 116 valence electrons. The summed E-state index contributed by atoms with van der Waals surface area (Å²) in [5, 5.41) is 2.94. The van der Waals surface area contributed by atoms with Crippen LogP contribution < -0.4 is 5.32 Å². The molecule has 1 aliphatic rings. The Hall–Kier alpha value is -1.46. The average molecular weight is 291 g/mol. The molecule has 5 nitrogen and oxygen atoms in total. The zero-order valence-corrected chi connectivity index (χ0v) is 13.2. The molecule has 2 rings (SSSR count). The second kappa shape index (κ2) is 7.52. The summed E-state index contributed by atoms with van der Waals surface area (Å²) in [4.78, 5) is 18.4. The highest BCUT2D eigenvalue weighted by Crippen LogP contribution is 2.10. The number of aromatic nitrogens is 1. The number of carbonyl (C=O) groups is 1. The van der Waals surface area contributed by atoms with Crippen LogP contribution >= 0.6 is 0 Å². The number of pyridine rings is 1. The van der Waals surface area contributed by atoms with Crippen molar-refractivity contribution in [2.24, 2.45) is 0 Å². The Bertz CT molecular complexity index is 464. The van der Waals surface area contributed by atoms with Gasteiger partial charge in [0.05, 0.1) is 18.3 Å². The van der Waals surface area contributed by atoms with Gasteiger partial charge in [0.15, 0.2) is 0 Å². The molecular weight excluding hydrogens is 266 g/mol. The minimum absolute atomic E-state index is 0.0392. The number of rotatable bonds is 6. The zero-order valence-electron chi connectivity index (χ0n) is 13.2. The van der Waals surface area contributed by atoms with Crippen LogP contribution in [0.15, 0.2) is 12.1 Å². The number of likely N-dealkylation sites (N-methyl/N-ethyl adjacent to an activating group) is 1. The van der Waals surface area contributed by atoms with Gasteiger partial charge in [-0.05, 0) is 51.4 Å². The third kappa shape index (κ3) is 5.44. The molecule has 0 radical (unpaired) electrons. The van der Waals surface area contributed by atoms with E-state index in [9.17, 15) is 4.79 Å². The van der Waals surface area contributed by atoms with Crippen molar-refractivity contribution in [2.75, 3.05) is 26.7 Å². The predicted molar refractivity (Wildman–Crippen MR) is 82.0 cm³/mol. The Morgan fingerprint density at radius 1 is 1.48 bits per heavy atom.